The first kappa shape index (κ1) is 15.3. The molecule has 1 aromatic rings. The van der Waals surface area contributed by atoms with E-state index in [9.17, 15) is 25.6 Å². The predicted octanol–water partition coefficient (Wildman–Crippen LogP) is 0.772. The summed E-state index contributed by atoms with van der Waals surface area (Å²) in [5.41, 5.74) is 0. The Bertz CT molecular complexity index is 731. The zero-order valence-corrected chi connectivity index (χ0v) is 12.2. The minimum atomic E-state index is -4.23. The second kappa shape index (κ2) is 5.05. The molecule has 0 aliphatic carbocycles. The lowest BCUT2D eigenvalue weighted by Crippen LogP contribution is -2.32. The van der Waals surface area contributed by atoms with Gasteiger partial charge in [-0.2, -0.15) is 4.31 Å². The van der Waals surface area contributed by atoms with Crippen LogP contribution in [0.4, 0.5) is 8.78 Å². The van der Waals surface area contributed by atoms with E-state index >= 15 is 0 Å². The molecule has 112 valence electrons. The van der Waals surface area contributed by atoms with E-state index in [0.29, 0.717) is 6.07 Å². The largest absolute Gasteiger partial charge is 0.246 e. The summed E-state index contributed by atoms with van der Waals surface area (Å²) < 4.78 is 74.7. The fourth-order valence-electron chi connectivity index (χ4n) is 2.08. The van der Waals surface area contributed by atoms with Crippen LogP contribution in [0.25, 0.3) is 0 Å². The average Bonchev–Trinajstić information content (AvgIpc) is 2.82. The van der Waals surface area contributed by atoms with Crippen LogP contribution in [0, 0.1) is 11.6 Å². The number of sulfonamides is 1. The summed E-state index contributed by atoms with van der Waals surface area (Å²) in [5, 5.41) is -0.811. The Morgan fingerprint density at radius 3 is 2.40 bits per heavy atom. The third kappa shape index (κ3) is 2.84. The van der Waals surface area contributed by atoms with Crippen molar-refractivity contribution >= 4 is 19.9 Å². The Morgan fingerprint density at radius 1 is 1.20 bits per heavy atom. The lowest BCUT2D eigenvalue weighted by Gasteiger charge is -2.16. The van der Waals surface area contributed by atoms with Gasteiger partial charge in [0.1, 0.15) is 16.5 Å². The minimum absolute atomic E-state index is 0.0317. The van der Waals surface area contributed by atoms with Crippen molar-refractivity contribution in [1.29, 1.82) is 0 Å². The Hall–Kier alpha value is -1.06. The van der Waals surface area contributed by atoms with Crippen LogP contribution in [0.2, 0.25) is 0 Å². The lowest BCUT2D eigenvalue weighted by atomic mass is 10.3. The van der Waals surface area contributed by atoms with Crippen LogP contribution in [0.15, 0.2) is 23.1 Å². The van der Waals surface area contributed by atoms with Gasteiger partial charge in [0.15, 0.2) is 9.84 Å². The zero-order chi connectivity index (χ0) is 15.1. The zero-order valence-electron chi connectivity index (χ0n) is 10.6. The van der Waals surface area contributed by atoms with E-state index in [2.05, 4.69) is 0 Å². The molecule has 0 radical (unpaired) electrons. The second-order valence-electron chi connectivity index (χ2n) is 4.68. The molecule has 20 heavy (non-hydrogen) atoms. The van der Waals surface area contributed by atoms with Gasteiger partial charge in [-0.15, -0.1) is 0 Å². The third-order valence-corrected chi connectivity index (χ3v) is 6.70. The molecule has 2 rings (SSSR count). The summed E-state index contributed by atoms with van der Waals surface area (Å²) in [4.78, 5) is -0.772. The summed E-state index contributed by atoms with van der Waals surface area (Å²) in [7, 11) is -7.60. The highest BCUT2D eigenvalue weighted by Gasteiger charge is 2.38. The van der Waals surface area contributed by atoms with Crippen molar-refractivity contribution in [3.63, 3.8) is 0 Å². The maximum Gasteiger partial charge on any atom is 0.246 e. The highest BCUT2D eigenvalue weighted by atomic mass is 32.2. The van der Waals surface area contributed by atoms with Crippen molar-refractivity contribution in [2.75, 3.05) is 19.3 Å². The first-order valence-corrected chi connectivity index (χ1v) is 9.16. The SMILES string of the molecule is CS(=O)(=O)[C@@H]1CCN(S(=O)(=O)c2cc(F)ccc2F)C1. The van der Waals surface area contributed by atoms with Crippen LogP contribution in [-0.2, 0) is 19.9 Å². The molecular formula is C11H13F2NO4S2. The molecule has 0 spiro atoms. The van der Waals surface area contributed by atoms with Gasteiger partial charge in [0.2, 0.25) is 10.0 Å². The molecule has 1 heterocycles. The van der Waals surface area contributed by atoms with Crippen LogP contribution >= 0.6 is 0 Å². The summed E-state index contributed by atoms with van der Waals surface area (Å²) >= 11 is 0. The van der Waals surface area contributed by atoms with Gasteiger partial charge in [0.05, 0.1) is 5.25 Å². The minimum Gasteiger partial charge on any atom is -0.229 e. The van der Waals surface area contributed by atoms with E-state index in [-0.39, 0.29) is 19.5 Å². The normalized spacial score (nSPS) is 21.2. The van der Waals surface area contributed by atoms with Crippen LogP contribution in [0.3, 0.4) is 0 Å². The number of rotatable bonds is 3. The summed E-state index contributed by atoms with van der Waals surface area (Å²) in [5.74, 6) is -1.93. The molecule has 1 aromatic carbocycles. The molecule has 1 fully saturated rings. The van der Waals surface area contributed by atoms with Crippen LogP contribution in [0.5, 0.6) is 0 Å². The van der Waals surface area contributed by atoms with Crippen LogP contribution in [-0.4, -0.2) is 45.7 Å². The Morgan fingerprint density at radius 2 is 1.85 bits per heavy atom. The smallest absolute Gasteiger partial charge is 0.229 e. The van der Waals surface area contributed by atoms with E-state index in [0.717, 1.165) is 22.7 Å². The standard InChI is InChI=1S/C11H13F2NO4S2/c1-19(15,16)9-4-5-14(7-9)20(17,18)11-6-8(12)2-3-10(11)13/h2-3,6,9H,4-5,7H2,1H3/t9-/m1/s1. The van der Waals surface area contributed by atoms with Crippen molar-refractivity contribution in [3.8, 4) is 0 Å². The number of hydrogen-bond donors (Lipinski definition) is 0. The average molecular weight is 325 g/mol. The number of nitrogens with zero attached hydrogens (tertiary/aromatic N) is 1. The van der Waals surface area contributed by atoms with E-state index in [1.807, 2.05) is 0 Å². The Labute approximate surface area is 116 Å². The van der Waals surface area contributed by atoms with Crippen LogP contribution in [0.1, 0.15) is 6.42 Å². The molecule has 0 saturated carbocycles. The number of hydrogen-bond acceptors (Lipinski definition) is 4. The first-order valence-electron chi connectivity index (χ1n) is 5.76. The van der Waals surface area contributed by atoms with Crippen LogP contribution < -0.4 is 0 Å². The maximum absolute atomic E-state index is 13.6. The predicted molar refractivity (Wildman–Crippen MR) is 68.4 cm³/mol. The first-order chi connectivity index (χ1) is 9.12. The molecule has 0 amide bonds. The third-order valence-electron chi connectivity index (χ3n) is 3.22. The van der Waals surface area contributed by atoms with E-state index in [1.165, 1.54) is 0 Å². The van der Waals surface area contributed by atoms with Gasteiger partial charge in [0.25, 0.3) is 0 Å². The van der Waals surface area contributed by atoms with Crippen molar-refractivity contribution in [2.24, 2.45) is 0 Å². The van der Waals surface area contributed by atoms with E-state index in [4.69, 9.17) is 0 Å². The molecular weight excluding hydrogens is 312 g/mol. The summed E-state index contributed by atoms with van der Waals surface area (Å²) in [6.07, 6.45) is 1.17. The second-order valence-corrected chi connectivity index (χ2v) is 8.91. The number of halogens is 2. The van der Waals surface area contributed by atoms with Gasteiger partial charge >= 0.3 is 0 Å². The molecule has 1 atom stereocenters. The van der Waals surface area contributed by atoms with Crippen molar-refractivity contribution in [1.82, 2.24) is 4.31 Å². The van der Waals surface area contributed by atoms with Crippen molar-refractivity contribution < 1.29 is 25.6 Å². The molecule has 0 N–H and O–H groups in total. The Kier molecular flexibility index (Phi) is 3.87. The molecule has 9 heteroatoms. The fourth-order valence-corrected chi connectivity index (χ4v) is 4.73. The Balaban J connectivity index is 2.36. The number of benzene rings is 1. The molecule has 0 unspecified atom stereocenters. The molecule has 0 bridgehead atoms. The topological polar surface area (TPSA) is 71.5 Å². The summed E-state index contributed by atoms with van der Waals surface area (Å²) in [6.45, 7) is -0.271. The highest BCUT2D eigenvalue weighted by Crippen LogP contribution is 2.26. The molecule has 5 nitrogen and oxygen atoms in total. The number of sulfone groups is 1. The van der Waals surface area contributed by atoms with Gasteiger partial charge in [-0.3, -0.25) is 0 Å². The van der Waals surface area contributed by atoms with Gasteiger partial charge in [0, 0.05) is 19.3 Å². The van der Waals surface area contributed by atoms with E-state index in [1.54, 1.807) is 0 Å². The molecule has 1 aliphatic rings. The monoisotopic (exact) mass is 325 g/mol. The molecule has 1 saturated heterocycles. The van der Waals surface area contributed by atoms with Gasteiger partial charge in [-0.25, -0.2) is 25.6 Å². The van der Waals surface area contributed by atoms with Gasteiger partial charge < -0.3 is 0 Å². The van der Waals surface area contributed by atoms with Gasteiger partial charge in [-0.1, -0.05) is 0 Å². The highest BCUT2D eigenvalue weighted by molar-refractivity contribution is 7.91. The van der Waals surface area contributed by atoms with Crippen molar-refractivity contribution in [2.45, 2.75) is 16.6 Å². The molecule has 0 aromatic heterocycles. The maximum atomic E-state index is 13.6. The lowest BCUT2D eigenvalue weighted by molar-refractivity contribution is 0.467. The van der Waals surface area contributed by atoms with Crippen molar-refractivity contribution in [3.05, 3.63) is 29.8 Å². The van der Waals surface area contributed by atoms with Gasteiger partial charge in [-0.05, 0) is 24.6 Å². The van der Waals surface area contributed by atoms with E-state index < -0.39 is 41.6 Å². The fraction of sp³-hybridized carbons (Fsp3) is 0.455. The summed E-state index contributed by atoms with van der Waals surface area (Å²) in [6, 6.07) is 2.14. The quantitative estimate of drug-likeness (QED) is 0.823. The molecule has 1 aliphatic heterocycles.